The summed E-state index contributed by atoms with van der Waals surface area (Å²) in [6.07, 6.45) is 1.50. The second kappa shape index (κ2) is 4.87. The van der Waals surface area contributed by atoms with Gasteiger partial charge in [-0.1, -0.05) is 6.07 Å². The predicted molar refractivity (Wildman–Crippen MR) is 67.9 cm³/mol. The summed E-state index contributed by atoms with van der Waals surface area (Å²) in [5.41, 5.74) is 2.82. The van der Waals surface area contributed by atoms with Crippen molar-refractivity contribution < 1.29 is 14.6 Å². The van der Waals surface area contributed by atoms with Crippen molar-refractivity contribution in [3.05, 3.63) is 47.8 Å². The number of ether oxygens (including phenoxy) is 1. The van der Waals surface area contributed by atoms with Crippen molar-refractivity contribution in [3.63, 3.8) is 0 Å². The first-order valence-corrected chi connectivity index (χ1v) is 5.46. The average molecular weight is 243 g/mol. The summed E-state index contributed by atoms with van der Waals surface area (Å²) >= 11 is 0. The molecular weight excluding hydrogens is 230 g/mol. The zero-order chi connectivity index (χ0) is 13.1. The van der Waals surface area contributed by atoms with Gasteiger partial charge in [-0.05, 0) is 47.9 Å². The molecule has 1 N–H and O–H groups in total. The zero-order valence-corrected chi connectivity index (χ0v) is 10.2. The number of rotatable bonds is 3. The van der Waals surface area contributed by atoms with Crippen LogP contribution in [0.1, 0.15) is 16.1 Å². The summed E-state index contributed by atoms with van der Waals surface area (Å²) in [4.78, 5) is 14.7. The van der Waals surface area contributed by atoms with Crippen molar-refractivity contribution in [3.8, 4) is 16.9 Å². The van der Waals surface area contributed by atoms with Crippen LogP contribution in [0, 0.1) is 6.92 Å². The van der Waals surface area contributed by atoms with Crippen LogP contribution in [0.4, 0.5) is 0 Å². The maximum Gasteiger partial charge on any atom is 0.354 e. The Balaban J connectivity index is 2.45. The maximum atomic E-state index is 10.9. The SMILES string of the molecule is COc1ccc(-c2ccnc(C(=O)O)c2)cc1C. The molecule has 1 heterocycles. The van der Waals surface area contributed by atoms with E-state index in [-0.39, 0.29) is 5.69 Å². The number of benzene rings is 1. The molecule has 0 spiro atoms. The number of hydrogen-bond acceptors (Lipinski definition) is 3. The Labute approximate surface area is 105 Å². The number of hydrogen-bond donors (Lipinski definition) is 1. The van der Waals surface area contributed by atoms with Gasteiger partial charge >= 0.3 is 5.97 Å². The van der Waals surface area contributed by atoms with Gasteiger partial charge in [0.25, 0.3) is 0 Å². The zero-order valence-electron chi connectivity index (χ0n) is 10.2. The fourth-order valence-electron chi connectivity index (χ4n) is 1.79. The first-order chi connectivity index (χ1) is 8.61. The van der Waals surface area contributed by atoms with Crippen molar-refractivity contribution in [2.45, 2.75) is 6.92 Å². The van der Waals surface area contributed by atoms with Crippen LogP contribution in [0.5, 0.6) is 5.75 Å². The summed E-state index contributed by atoms with van der Waals surface area (Å²) in [6.45, 7) is 1.95. The lowest BCUT2D eigenvalue weighted by molar-refractivity contribution is 0.0690. The summed E-state index contributed by atoms with van der Waals surface area (Å²) in [5, 5.41) is 8.91. The van der Waals surface area contributed by atoms with Crippen LogP contribution in [-0.4, -0.2) is 23.2 Å². The lowest BCUT2D eigenvalue weighted by Gasteiger charge is -2.07. The number of pyridine rings is 1. The molecule has 2 aromatic rings. The van der Waals surface area contributed by atoms with E-state index in [1.807, 2.05) is 25.1 Å². The van der Waals surface area contributed by atoms with Gasteiger partial charge in [-0.25, -0.2) is 9.78 Å². The van der Waals surface area contributed by atoms with Gasteiger partial charge in [0.15, 0.2) is 0 Å². The largest absolute Gasteiger partial charge is 0.496 e. The first kappa shape index (κ1) is 12.1. The number of carbonyl (C=O) groups is 1. The standard InChI is InChI=1S/C14H13NO3/c1-9-7-10(3-4-13(9)18-2)11-5-6-15-12(8-11)14(16)17/h3-8H,1-2H3,(H,16,17). The van der Waals surface area contributed by atoms with E-state index in [4.69, 9.17) is 9.84 Å². The minimum absolute atomic E-state index is 0.0426. The van der Waals surface area contributed by atoms with Crippen molar-refractivity contribution >= 4 is 5.97 Å². The average Bonchev–Trinajstić information content (AvgIpc) is 2.38. The van der Waals surface area contributed by atoms with E-state index in [2.05, 4.69) is 4.98 Å². The lowest BCUT2D eigenvalue weighted by Crippen LogP contribution is -1.99. The van der Waals surface area contributed by atoms with Gasteiger partial charge in [-0.2, -0.15) is 0 Å². The molecule has 92 valence electrons. The molecule has 0 aliphatic carbocycles. The first-order valence-electron chi connectivity index (χ1n) is 5.46. The lowest BCUT2D eigenvalue weighted by atomic mass is 10.0. The van der Waals surface area contributed by atoms with E-state index in [1.54, 1.807) is 19.2 Å². The van der Waals surface area contributed by atoms with E-state index in [1.165, 1.54) is 6.20 Å². The molecule has 0 fully saturated rings. The van der Waals surface area contributed by atoms with E-state index in [0.717, 1.165) is 22.4 Å². The van der Waals surface area contributed by atoms with Crippen molar-refractivity contribution in [2.24, 2.45) is 0 Å². The third-order valence-corrected chi connectivity index (χ3v) is 2.71. The molecular formula is C14H13NO3. The molecule has 0 saturated heterocycles. The molecule has 18 heavy (non-hydrogen) atoms. The van der Waals surface area contributed by atoms with Gasteiger partial charge in [0, 0.05) is 6.20 Å². The highest BCUT2D eigenvalue weighted by atomic mass is 16.5. The van der Waals surface area contributed by atoms with Crippen molar-refractivity contribution in [1.82, 2.24) is 4.98 Å². The van der Waals surface area contributed by atoms with Gasteiger partial charge in [0.1, 0.15) is 11.4 Å². The van der Waals surface area contributed by atoms with Crippen molar-refractivity contribution in [2.75, 3.05) is 7.11 Å². The molecule has 0 atom stereocenters. The van der Waals surface area contributed by atoms with Crippen LogP contribution in [0.2, 0.25) is 0 Å². The Morgan fingerprint density at radius 2 is 1.94 bits per heavy atom. The fraction of sp³-hybridized carbons (Fsp3) is 0.143. The van der Waals surface area contributed by atoms with Crippen LogP contribution in [0.25, 0.3) is 11.1 Å². The van der Waals surface area contributed by atoms with Gasteiger partial charge in [0.05, 0.1) is 7.11 Å². The van der Waals surface area contributed by atoms with Gasteiger partial charge in [-0.3, -0.25) is 0 Å². The molecule has 4 heteroatoms. The highest BCUT2D eigenvalue weighted by molar-refractivity contribution is 5.87. The Morgan fingerprint density at radius 1 is 1.22 bits per heavy atom. The number of aromatic nitrogens is 1. The fourth-order valence-corrected chi connectivity index (χ4v) is 1.79. The van der Waals surface area contributed by atoms with Gasteiger partial charge < -0.3 is 9.84 Å². The number of nitrogens with zero attached hydrogens (tertiary/aromatic N) is 1. The van der Waals surface area contributed by atoms with Crippen LogP contribution in [0.3, 0.4) is 0 Å². The van der Waals surface area contributed by atoms with E-state index < -0.39 is 5.97 Å². The molecule has 0 unspecified atom stereocenters. The highest BCUT2D eigenvalue weighted by Crippen LogP contribution is 2.26. The molecule has 1 aromatic carbocycles. The molecule has 0 amide bonds. The van der Waals surface area contributed by atoms with Crippen LogP contribution < -0.4 is 4.74 Å². The molecule has 0 aliphatic rings. The highest BCUT2D eigenvalue weighted by Gasteiger charge is 2.07. The topological polar surface area (TPSA) is 59.4 Å². The normalized spacial score (nSPS) is 10.1. The number of methoxy groups -OCH3 is 1. The van der Waals surface area contributed by atoms with Gasteiger partial charge in [0.2, 0.25) is 0 Å². The number of carboxylic acids is 1. The quantitative estimate of drug-likeness (QED) is 0.900. The molecule has 0 aliphatic heterocycles. The van der Waals surface area contributed by atoms with E-state index >= 15 is 0 Å². The third-order valence-electron chi connectivity index (χ3n) is 2.71. The molecule has 0 bridgehead atoms. The number of aromatic carboxylic acids is 1. The second-order valence-electron chi connectivity index (χ2n) is 3.92. The van der Waals surface area contributed by atoms with Gasteiger partial charge in [-0.15, -0.1) is 0 Å². The maximum absolute atomic E-state index is 10.9. The summed E-state index contributed by atoms with van der Waals surface area (Å²) in [6, 6.07) is 9.06. The third kappa shape index (κ3) is 2.32. The summed E-state index contributed by atoms with van der Waals surface area (Å²) in [7, 11) is 1.62. The van der Waals surface area contributed by atoms with Crippen LogP contribution in [0.15, 0.2) is 36.5 Å². The summed E-state index contributed by atoms with van der Waals surface area (Å²) in [5.74, 6) is -0.214. The minimum atomic E-state index is -1.03. The number of aryl methyl sites for hydroxylation is 1. The molecule has 0 saturated carbocycles. The molecule has 4 nitrogen and oxygen atoms in total. The Morgan fingerprint density at radius 3 is 2.56 bits per heavy atom. The van der Waals surface area contributed by atoms with E-state index in [0.29, 0.717) is 0 Å². The van der Waals surface area contributed by atoms with Crippen LogP contribution in [-0.2, 0) is 0 Å². The Kier molecular flexibility index (Phi) is 3.28. The smallest absolute Gasteiger partial charge is 0.354 e. The Bertz CT molecular complexity index is 593. The minimum Gasteiger partial charge on any atom is -0.496 e. The molecule has 2 rings (SSSR count). The Hall–Kier alpha value is -2.36. The van der Waals surface area contributed by atoms with Crippen LogP contribution >= 0.6 is 0 Å². The molecule has 1 aromatic heterocycles. The predicted octanol–water partition coefficient (Wildman–Crippen LogP) is 2.76. The monoisotopic (exact) mass is 243 g/mol. The second-order valence-corrected chi connectivity index (χ2v) is 3.92. The number of carboxylic acid groups (broad SMARTS) is 1. The van der Waals surface area contributed by atoms with E-state index in [9.17, 15) is 4.79 Å². The molecule has 0 radical (unpaired) electrons. The van der Waals surface area contributed by atoms with Crippen molar-refractivity contribution in [1.29, 1.82) is 0 Å². The summed E-state index contributed by atoms with van der Waals surface area (Å²) < 4.78 is 5.19.